The first kappa shape index (κ1) is 25.6. The van der Waals surface area contributed by atoms with E-state index in [1.54, 1.807) is 14.0 Å². The first-order valence-electron chi connectivity index (χ1n) is 12.0. The number of aliphatic hydroxyl groups is 1. The van der Waals surface area contributed by atoms with Gasteiger partial charge in [0.2, 0.25) is 5.90 Å². The van der Waals surface area contributed by atoms with Crippen molar-refractivity contribution in [2.24, 2.45) is 18.0 Å². The van der Waals surface area contributed by atoms with Crippen LogP contribution in [0.25, 0.3) is 0 Å². The van der Waals surface area contributed by atoms with Crippen molar-refractivity contribution in [2.45, 2.75) is 65.8 Å². The molecule has 0 unspecified atom stereocenters. The van der Waals surface area contributed by atoms with Crippen LogP contribution in [0.4, 0.5) is 5.82 Å². The highest BCUT2D eigenvalue weighted by molar-refractivity contribution is 5.94. The first-order valence-corrected chi connectivity index (χ1v) is 12.0. The van der Waals surface area contributed by atoms with E-state index in [4.69, 9.17) is 14.8 Å². The molecule has 0 aliphatic heterocycles. The molecular formula is C26H36N4O4. The predicted molar refractivity (Wildman–Crippen MR) is 134 cm³/mol. The number of hydrogen-bond acceptors (Lipinski definition) is 6. The number of hydrogen-bond donors (Lipinski definition) is 1. The van der Waals surface area contributed by atoms with Gasteiger partial charge in [0.1, 0.15) is 5.82 Å². The monoisotopic (exact) mass is 468 g/mol. The molecule has 1 aliphatic carbocycles. The highest BCUT2D eigenvalue weighted by atomic mass is 16.5. The lowest BCUT2D eigenvalue weighted by atomic mass is 10.1. The third-order valence-electron chi connectivity index (χ3n) is 6.37. The van der Waals surface area contributed by atoms with Gasteiger partial charge in [0.15, 0.2) is 0 Å². The largest absolute Gasteiger partial charge is 0.477 e. The summed E-state index contributed by atoms with van der Waals surface area (Å²) in [7, 11) is 1.61. The minimum Gasteiger partial charge on any atom is -0.477 e. The average Bonchev–Trinajstić information content (AvgIpc) is 3.35. The average molecular weight is 469 g/mol. The zero-order valence-electron chi connectivity index (χ0n) is 20.7. The summed E-state index contributed by atoms with van der Waals surface area (Å²) in [5.41, 5.74) is 2.42. The molecule has 1 fully saturated rings. The number of aryl methyl sites for hydroxylation is 1. The number of nitrogens with zero attached hydrogens (tertiary/aromatic N) is 4. The van der Waals surface area contributed by atoms with E-state index in [2.05, 4.69) is 4.98 Å². The van der Waals surface area contributed by atoms with E-state index >= 15 is 0 Å². The van der Waals surface area contributed by atoms with E-state index in [-0.39, 0.29) is 13.2 Å². The molecule has 0 saturated heterocycles. The van der Waals surface area contributed by atoms with Crippen molar-refractivity contribution in [1.82, 2.24) is 14.1 Å². The minimum absolute atomic E-state index is 0.0891. The van der Waals surface area contributed by atoms with Crippen LogP contribution < -0.4 is 11.2 Å². The van der Waals surface area contributed by atoms with Crippen LogP contribution in [-0.4, -0.2) is 38.3 Å². The maximum absolute atomic E-state index is 12.9. The molecule has 0 atom stereocenters. The van der Waals surface area contributed by atoms with E-state index in [9.17, 15) is 9.59 Å². The molecule has 1 saturated carbocycles. The van der Waals surface area contributed by atoms with Crippen molar-refractivity contribution in [2.75, 3.05) is 13.2 Å². The summed E-state index contributed by atoms with van der Waals surface area (Å²) < 4.78 is 8.72. The molecule has 2 heterocycles. The summed E-state index contributed by atoms with van der Waals surface area (Å²) in [6, 6.07) is 4.03. The molecule has 2 aromatic heterocycles. The van der Waals surface area contributed by atoms with Crippen LogP contribution >= 0.6 is 0 Å². The van der Waals surface area contributed by atoms with E-state index in [0.717, 1.165) is 34.2 Å². The van der Waals surface area contributed by atoms with Crippen LogP contribution in [0.5, 0.6) is 0 Å². The van der Waals surface area contributed by atoms with Gasteiger partial charge >= 0.3 is 5.69 Å². The Morgan fingerprint density at radius 1 is 1.26 bits per heavy atom. The third-order valence-corrected chi connectivity index (χ3v) is 6.37. The lowest BCUT2D eigenvalue weighted by Crippen LogP contribution is -2.40. The van der Waals surface area contributed by atoms with Crippen molar-refractivity contribution < 1.29 is 9.84 Å². The number of pyridine rings is 1. The van der Waals surface area contributed by atoms with Gasteiger partial charge in [-0.2, -0.15) is 4.99 Å². The van der Waals surface area contributed by atoms with Gasteiger partial charge in [-0.3, -0.25) is 18.9 Å². The van der Waals surface area contributed by atoms with Crippen LogP contribution in [0.1, 0.15) is 55.8 Å². The summed E-state index contributed by atoms with van der Waals surface area (Å²) in [6.07, 6.45) is 9.62. The second-order valence-electron chi connectivity index (χ2n) is 9.10. The van der Waals surface area contributed by atoms with Crippen LogP contribution in [0.15, 0.2) is 44.6 Å². The van der Waals surface area contributed by atoms with E-state index < -0.39 is 11.2 Å². The fourth-order valence-corrected chi connectivity index (χ4v) is 4.17. The number of aliphatic hydroxyl groups excluding tert-OH is 1. The second-order valence-corrected chi connectivity index (χ2v) is 9.10. The van der Waals surface area contributed by atoms with Gasteiger partial charge < -0.3 is 9.84 Å². The zero-order valence-corrected chi connectivity index (χ0v) is 20.7. The smallest absolute Gasteiger partial charge is 0.332 e. The standard InChI is InChI=1S/C26H36N4O4/c1-18(10-12-21-13-11-19(2)27-16-21)24(34-17-22-8-5-6-9-22)28-23-20(3)25(32)30(14-7-15-31)26(33)29(23)4/h10-11,13,16,22,31H,5-9,12,14-15,17H2,1-4H3/b18-10-,28-24?. The molecule has 34 heavy (non-hydrogen) atoms. The van der Waals surface area contributed by atoms with Gasteiger partial charge in [0, 0.05) is 37.7 Å². The predicted octanol–water partition coefficient (Wildman–Crippen LogP) is 3.37. The maximum Gasteiger partial charge on any atom is 0.332 e. The summed E-state index contributed by atoms with van der Waals surface area (Å²) in [5, 5.41) is 9.11. The molecule has 0 spiro atoms. The highest BCUT2D eigenvalue weighted by Crippen LogP contribution is 2.25. The summed E-state index contributed by atoms with van der Waals surface area (Å²) >= 11 is 0. The van der Waals surface area contributed by atoms with Gasteiger partial charge in [-0.15, -0.1) is 0 Å². The van der Waals surface area contributed by atoms with Gasteiger partial charge in [-0.05, 0) is 64.0 Å². The lowest BCUT2D eigenvalue weighted by molar-refractivity contribution is 0.240. The lowest BCUT2D eigenvalue weighted by Gasteiger charge is -2.16. The summed E-state index contributed by atoms with van der Waals surface area (Å²) in [5.74, 6) is 1.22. The van der Waals surface area contributed by atoms with Crippen molar-refractivity contribution >= 4 is 11.7 Å². The summed E-state index contributed by atoms with van der Waals surface area (Å²) in [4.78, 5) is 34.7. The normalized spacial score (nSPS) is 15.2. The molecule has 8 heteroatoms. The van der Waals surface area contributed by atoms with Crippen molar-refractivity contribution in [3.8, 4) is 0 Å². The van der Waals surface area contributed by atoms with E-state index in [0.29, 0.717) is 42.6 Å². The summed E-state index contributed by atoms with van der Waals surface area (Å²) in [6.45, 7) is 6.20. The molecule has 0 bridgehead atoms. The molecule has 8 nitrogen and oxygen atoms in total. The Morgan fingerprint density at radius 2 is 2.00 bits per heavy atom. The number of aromatic nitrogens is 3. The Balaban J connectivity index is 1.97. The topological polar surface area (TPSA) is 98.7 Å². The Kier molecular flexibility index (Phi) is 8.98. The molecule has 184 valence electrons. The Morgan fingerprint density at radius 3 is 2.65 bits per heavy atom. The van der Waals surface area contributed by atoms with Gasteiger partial charge in [-0.25, -0.2) is 4.79 Å². The molecule has 0 amide bonds. The van der Waals surface area contributed by atoms with Gasteiger partial charge in [0.25, 0.3) is 5.56 Å². The Hall–Kier alpha value is -3.00. The van der Waals surface area contributed by atoms with Gasteiger partial charge in [-0.1, -0.05) is 25.0 Å². The second kappa shape index (κ2) is 11.9. The number of rotatable bonds is 9. The van der Waals surface area contributed by atoms with E-state index in [1.807, 2.05) is 38.3 Å². The van der Waals surface area contributed by atoms with E-state index in [1.165, 1.54) is 17.4 Å². The number of ether oxygens (including phenoxy) is 1. The zero-order chi connectivity index (χ0) is 24.7. The molecule has 0 aromatic carbocycles. The quantitative estimate of drug-likeness (QED) is 0.449. The van der Waals surface area contributed by atoms with Crippen LogP contribution in [0, 0.1) is 19.8 Å². The molecule has 0 radical (unpaired) electrons. The molecule has 3 rings (SSSR count). The SMILES string of the molecule is C/C(=C/Cc1ccc(C)nc1)C(=Nc1c(C)c(=O)n(CCCO)c(=O)n1C)OCC1CCCC1. The van der Waals surface area contributed by atoms with Crippen LogP contribution in [0.3, 0.4) is 0 Å². The molecule has 2 aromatic rings. The molecular weight excluding hydrogens is 432 g/mol. The van der Waals surface area contributed by atoms with Crippen molar-refractivity contribution in [1.29, 1.82) is 0 Å². The third kappa shape index (κ3) is 6.32. The Bertz CT molecular complexity index is 1120. The van der Waals surface area contributed by atoms with Crippen LogP contribution in [-0.2, 0) is 24.8 Å². The van der Waals surface area contributed by atoms with Crippen molar-refractivity contribution in [3.63, 3.8) is 0 Å². The van der Waals surface area contributed by atoms with Crippen molar-refractivity contribution in [3.05, 3.63) is 67.6 Å². The minimum atomic E-state index is -0.453. The molecule has 1 N–H and O–H groups in total. The number of aliphatic imine (C=N–C) groups is 1. The number of allylic oxidation sites excluding steroid dienone is 1. The molecule has 1 aliphatic rings. The fraction of sp³-hybridized carbons (Fsp3) is 0.538. The highest BCUT2D eigenvalue weighted by Gasteiger charge is 2.19. The first-order chi connectivity index (χ1) is 16.3. The van der Waals surface area contributed by atoms with Gasteiger partial charge in [0.05, 0.1) is 12.2 Å². The maximum atomic E-state index is 12.9. The van der Waals surface area contributed by atoms with Crippen LogP contribution in [0.2, 0.25) is 0 Å². The fourth-order valence-electron chi connectivity index (χ4n) is 4.17. The Labute approximate surface area is 200 Å².